The zero-order valence-electron chi connectivity index (χ0n) is 16.7. The molecule has 1 aromatic heterocycles. The van der Waals surface area contributed by atoms with Crippen molar-refractivity contribution in [1.29, 1.82) is 0 Å². The molecule has 3 rings (SSSR count). The second-order valence-corrected chi connectivity index (χ2v) is 9.35. The van der Waals surface area contributed by atoms with Crippen molar-refractivity contribution in [3.63, 3.8) is 0 Å². The number of rotatable bonds is 9. The fourth-order valence-corrected chi connectivity index (χ4v) is 4.58. The number of halogens is 3. The van der Waals surface area contributed by atoms with Crippen LogP contribution < -0.4 is 5.69 Å². The van der Waals surface area contributed by atoms with Gasteiger partial charge in [0.1, 0.15) is 0 Å². The molecule has 0 N–H and O–H groups in total. The Bertz CT molecular complexity index is 1200. The van der Waals surface area contributed by atoms with E-state index in [1.807, 2.05) is 0 Å². The Morgan fingerprint density at radius 3 is 2.38 bits per heavy atom. The van der Waals surface area contributed by atoms with Crippen molar-refractivity contribution in [3.05, 3.63) is 86.5 Å². The molecule has 3 aromatic rings. The van der Waals surface area contributed by atoms with Crippen LogP contribution in [0.5, 0.6) is 0 Å². The van der Waals surface area contributed by atoms with Crippen molar-refractivity contribution in [1.82, 2.24) is 9.13 Å². The summed E-state index contributed by atoms with van der Waals surface area (Å²) in [5, 5.41) is 0. The molecule has 8 nitrogen and oxygen atoms in total. The van der Waals surface area contributed by atoms with Crippen LogP contribution in [0, 0.1) is 0 Å². The quantitative estimate of drug-likeness (QED) is 0.281. The van der Waals surface area contributed by atoms with Gasteiger partial charge in [-0.25, -0.2) is 9.59 Å². The van der Waals surface area contributed by atoms with Crippen molar-refractivity contribution >= 4 is 29.5 Å². The summed E-state index contributed by atoms with van der Waals surface area (Å²) in [5.74, 6) is -0.439. The summed E-state index contributed by atoms with van der Waals surface area (Å²) in [5.41, 5.74) is 1.66. The molecule has 170 valence electrons. The maximum atomic E-state index is 12.8. The van der Waals surface area contributed by atoms with Crippen molar-refractivity contribution in [2.45, 2.75) is 19.6 Å². The van der Waals surface area contributed by atoms with E-state index in [1.165, 1.54) is 15.2 Å². The van der Waals surface area contributed by atoms with Gasteiger partial charge in [0.25, 0.3) is 0 Å². The summed E-state index contributed by atoms with van der Waals surface area (Å²) < 4.78 is 50.7. The van der Waals surface area contributed by atoms with Gasteiger partial charge in [0, 0.05) is 16.9 Å². The SMILES string of the molecule is CCOC(=O)c1ccc(-n2ccn(Cc3ccc(CP(=O)(OF)OF)c(Br)c3)c2=O)cc1. The monoisotopic (exact) mass is 530 g/mol. The van der Waals surface area contributed by atoms with Gasteiger partial charge in [-0.1, -0.05) is 28.1 Å². The number of nitrogens with zero attached hydrogens (tertiary/aromatic N) is 2. The lowest BCUT2D eigenvalue weighted by Crippen LogP contribution is -2.23. The second-order valence-electron chi connectivity index (χ2n) is 6.68. The number of carbonyl (C=O) groups excluding carboxylic acids is 1. The Labute approximate surface area is 189 Å². The number of ether oxygens (including phenoxy) is 1. The van der Waals surface area contributed by atoms with Gasteiger partial charge in [-0.05, 0) is 57.4 Å². The lowest BCUT2D eigenvalue weighted by molar-refractivity contribution is -0.0881. The van der Waals surface area contributed by atoms with Crippen LogP contribution in [0.4, 0.5) is 9.05 Å². The maximum absolute atomic E-state index is 12.8. The molecule has 0 aliphatic heterocycles. The van der Waals surface area contributed by atoms with Crippen LogP contribution in [-0.2, 0) is 31.5 Å². The molecule has 0 aliphatic carbocycles. The van der Waals surface area contributed by atoms with E-state index in [0.29, 0.717) is 26.9 Å². The number of esters is 1. The van der Waals surface area contributed by atoms with Gasteiger partial charge in [-0.15, -0.1) is 9.46 Å². The molecule has 1 heterocycles. The number of carbonyl (C=O) groups is 1. The Kier molecular flexibility index (Phi) is 7.78. The molecule has 0 fully saturated rings. The fourth-order valence-electron chi connectivity index (χ4n) is 2.98. The molecular weight excluding hydrogens is 513 g/mol. The summed E-state index contributed by atoms with van der Waals surface area (Å²) in [6, 6.07) is 11.2. The summed E-state index contributed by atoms with van der Waals surface area (Å²) in [6.07, 6.45) is 2.59. The molecule has 0 bridgehead atoms. The van der Waals surface area contributed by atoms with E-state index >= 15 is 0 Å². The smallest absolute Gasteiger partial charge is 0.399 e. The minimum Gasteiger partial charge on any atom is -0.462 e. The first kappa shape index (κ1) is 24.1. The highest BCUT2D eigenvalue weighted by atomic mass is 79.9. The molecule has 0 amide bonds. The highest BCUT2D eigenvalue weighted by Crippen LogP contribution is 2.52. The number of hydrogen-bond donors (Lipinski definition) is 0. The second kappa shape index (κ2) is 10.4. The van der Waals surface area contributed by atoms with Crippen molar-refractivity contribution in [3.8, 4) is 5.69 Å². The van der Waals surface area contributed by atoms with E-state index in [1.54, 1.807) is 55.7 Å². The normalized spacial score (nSPS) is 11.5. The molecule has 0 aliphatic rings. The molecule has 0 unspecified atom stereocenters. The van der Waals surface area contributed by atoms with Crippen LogP contribution in [0.3, 0.4) is 0 Å². The van der Waals surface area contributed by atoms with Gasteiger partial charge in [0.2, 0.25) is 0 Å². The molecule has 0 atom stereocenters. The predicted octanol–water partition coefficient (Wildman–Crippen LogP) is 5.12. The molecule has 0 saturated carbocycles. The summed E-state index contributed by atoms with van der Waals surface area (Å²) in [6.45, 7) is 2.20. The Morgan fingerprint density at radius 2 is 1.78 bits per heavy atom. The van der Waals surface area contributed by atoms with E-state index in [0.717, 1.165) is 0 Å². The number of benzene rings is 2. The van der Waals surface area contributed by atoms with Gasteiger partial charge in [0.05, 0.1) is 30.6 Å². The van der Waals surface area contributed by atoms with Crippen LogP contribution in [0.25, 0.3) is 5.69 Å². The molecule has 2 aromatic carbocycles. The minimum absolute atomic E-state index is 0.211. The third-order valence-corrected chi connectivity index (χ3v) is 6.44. The van der Waals surface area contributed by atoms with Gasteiger partial charge in [-0.3, -0.25) is 13.7 Å². The van der Waals surface area contributed by atoms with Crippen molar-refractivity contribution in [2.75, 3.05) is 6.61 Å². The number of aromatic nitrogens is 2. The van der Waals surface area contributed by atoms with Gasteiger partial charge in [0.15, 0.2) is 0 Å². The minimum atomic E-state index is -4.51. The fraction of sp³-hybridized carbons (Fsp3) is 0.200. The third-order valence-electron chi connectivity index (χ3n) is 4.55. The zero-order chi connectivity index (χ0) is 23.3. The summed E-state index contributed by atoms with van der Waals surface area (Å²) >= 11 is 3.25. The zero-order valence-corrected chi connectivity index (χ0v) is 19.2. The lowest BCUT2D eigenvalue weighted by atomic mass is 10.1. The number of hydrogen-bond acceptors (Lipinski definition) is 6. The summed E-state index contributed by atoms with van der Waals surface area (Å²) in [7, 11) is -4.51. The first-order valence-corrected chi connectivity index (χ1v) is 11.8. The van der Waals surface area contributed by atoms with E-state index < -0.39 is 19.7 Å². The Balaban J connectivity index is 1.77. The first-order chi connectivity index (χ1) is 15.3. The van der Waals surface area contributed by atoms with Gasteiger partial charge < -0.3 is 4.74 Å². The van der Waals surface area contributed by atoms with E-state index in [4.69, 9.17) is 4.74 Å². The molecule has 0 radical (unpaired) electrons. The van der Waals surface area contributed by atoms with Crippen molar-refractivity contribution in [2.24, 2.45) is 0 Å². The Hall–Kier alpha value is -2.59. The van der Waals surface area contributed by atoms with E-state index in [2.05, 4.69) is 25.4 Å². The highest BCUT2D eigenvalue weighted by molar-refractivity contribution is 9.10. The van der Waals surface area contributed by atoms with Crippen LogP contribution in [0.1, 0.15) is 28.4 Å². The topological polar surface area (TPSA) is 88.8 Å². The molecular formula is C20H18BrF2N2O6P. The van der Waals surface area contributed by atoms with Gasteiger partial charge >= 0.3 is 19.3 Å². The molecule has 0 saturated heterocycles. The van der Waals surface area contributed by atoms with Crippen LogP contribution >= 0.6 is 23.5 Å². The average Bonchev–Trinajstić information content (AvgIpc) is 3.15. The maximum Gasteiger partial charge on any atom is 0.399 e. The molecule has 0 spiro atoms. The average molecular weight is 531 g/mol. The van der Waals surface area contributed by atoms with Crippen molar-refractivity contribution < 1.29 is 32.6 Å². The van der Waals surface area contributed by atoms with Gasteiger partial charge in [-0.2, -0.15) is 0 Å². The predicted molar refractivity (Wildman–Crippen MR) is 115 cm³/mol. The molecule has 32 heavy (non-hydrogen) atoms. The highest BCUT2D eigenvalue weighted by Gasteiger charge is 2.29. The van der Waals surface area contributed by atoms with Crippen LogP contribution in [0.2, 0.25) is 0 Å². The third kappa shape index (κ3) is 5.42. The summed E-state index contributed by atoms with van der Waals surface area (Å²) in [4.78, 5) is 24.5. The standard InChI is InChI=1S/C20H18BrF2N2O6P/c1-2-29-19(26)15-5-7-17(8-6-15)25-10-9-24(20(25)27)12-14-3-4-16(18(21)11-14)13-32(28,30-22)31-23/h3-11H,2,12-13H2,1H3. The number of imidazole rings is 1. The first-order valence-electron chi connectivity index (χ1n) is 9.32. The van der Waals surface area contributed by atoms with Crippen LogP contribution in [-0.4, -0.2) is 21.7 Å². The van der Waals surface area contributed by atoms with E-state index in [-0.39, 0.29) is 18.8 Å². The Morgan fingerprint density at radius 1 is 1.09 bits per heavy atom. The van der Waals surface area contributed by atoms with E-state index in [9.17, 15) is 23.2 Å². The molecule has 12 heteroatoms. The van der Waals surface area contributed by atoms with Crippen LogP contribution in [0.15, 0.2) is 64.1 Å². The largest absolute Gasteiger partial charge is 0.462 e. The lowest BCUT2D eigenvalue weighted by Gasteiger charge is -2.10.